The highest BCUT2D eigenvalue weighted by Gasteiger charge is 2.00. The van der Waals surface area contributed by atoms with Gasteiger partial charge in [0, 0.05) is 22.8 Å². The fourth-order valence-electron chi connectivity index (χ4n) is 0.762. The fraction of sp³-hybridized carbons (Fsp3) is 0.143. The summed E-state index contributed by atoms with van der Waals surface area (Å²) in [5, 5.41) is 0.579. The zero-order chi connectivity index (χ0) is 7.56. The second kappa shape index (κ2) is 2.90. The van der Waals surface area contributed by atoms with Gasteiger partial charge >= 0.3 is 0 Å². The van der Waals surface area contributed by atoms with Crippen molar-refractivity contribution in [3.8, 4) is 0 Å². The summed E-state index contributed by atoms with van der Waals surface area (Å²) in [4.78, 5) is 0. The van der Waals surface area contributed by atoms with Crippen LogP contribution in [0.1, 0.15) is 5.56 Å². The van der Waals surface area contributed by atoms with Crippen LogP contribution >= 0.6 is 11.6 Å². The van der Waals surface area contributed by atoms with Crippen molar-refractivity contribution in [2.45, 2.75) is 6.54 Å². The summed E-state index contributed by atoms with van der Waals surface area (Å²) in [6, 6.07) is 5.26. The first-order chi connectivity index (χ1) is 4.75. The number of nitrogen functional groups attached to an aromatic ring is 1. The minimum atomic E-state index is 0.144. The lowest BCUT2D eigenvalue weighted by atomic mass is 10.2. The Morgan fingerprint density at radius 1 is 1.50 bits per heavy atom. The van der Waals surface area contributed by atoms with Gasteiger partial charge in [-0.3, -0.25) is 5.73 Å². The van der Waals surface area contributed by atoms with E-state index in [1.54, 1.807) is 18.2 Å². The summed E-state index contributed by atoms with van der Waals surface area (Å²) in [6.45, 7) is 0.144. The Balaban J connectivity index is 3.17. The number of nitrogens with two attached hydrogens (primary N) is 1. The molecule has 0 aliphatic rings. The zero-order valence-electron chi connectivity index (χ0n) is 5.39. The molecule has 0 fully saturated rings. The minimum absolute atomic E-state index is 0.144. The second-order valence-corrected chi connectivity index (χ2v) is 2.39. The standard InChI is InChI=1S/C7H8ClN2/c8-6-2-1-3-7(10)5(6)4-9/h1-3,9H,4,10H2. The van der Waals surface area contributed by atoms with Crippen LogP contribution in [0.5, 0.6) is 0 Å². The van der Waals surface area contributed by atoms with E-state index in [1.165, 1.54) is 0 Å². The quantitative estimate of drug-likeness (QED) is 0.617. The van der Waals surface area contributed by atoms with Crippen LogP contribution in [0.4, 0.5) is 5.69 Å². The van der Waals surface area contributed by atoms with Gasteiger partial charge in [-0.05, 0) is 12.1 Å². The van der Waals surface area contributed by atoms with Crippen molar-refractivity contribution in [1.29, 1.82) is 0 Å². The maximum atomic E-state index is 7.06. The highest BCUT2D eigenvalue weighted by molar-refractivity contribution is 6.31. The molecule has 0 aliphatic heterocycles. The lowest BCUT2D eigenvalue weighted by molar-refractivity contribution is 1.03. The summed E-state index contributed by atoms with van der Waals surface area (Å²) < 4.78 is 0. The summed E-state index contributed by atoms with van der Waals surface area (Å²) >= 11 is 5.73. The molecule has 0 heterocycles. The molecule has 0 bridgehead atoms. The summed E-state index contributed by atoms with van der Waals surface area (Å²) in [5.41, 5.74) is 13.9. The van der Waals surface area contributed by atoms with Crippen LogP contribution in [0.15, 0.2) is 18.2 Å². The number of rotatable bonds is 1. The van der Waals surface area contributed by atoms with Gasteiger partial charge in [-0.1, -0.05) is 17.7 Å². The van der Waals surface area contributed by atoms with Crippen LogP contribution in [0.3, 0.4) is 0 Å². The molecule has 3 N–H and O–H groups in total. The van der Waals surface area contributed by atoms with E-state index in [-0.39, 0.29) is 6.54 Å². The van der Waals surface area contributed by atoms with Gasteiger partial charge in [0.2, 0.25) is 0 Å². The highest BCUT2D eigenvalue weighted by Crippen LogP contribution is 2.20. The number of anilines is 1. The maximum Gasteiger partial charge on any atom is 0.0472 e. The van der Waals surface area contributed by atoms with E-state index in [2.05, 4.69) is 0 Å². The first kappa shape index (κ1) is 7.38. The predicted molar refractivity (Wildman–Crippen MR) is 42.7 cm³/mol. The van der Waals surface area contributed by atoms with E-state index >= 15 is 0 Å². The molecule has 53 valence electrons. The average Bonchev–Trinajstić information content (AvgIpc) is 1.88. The lowest BCUT2D eigenvalue weighted by Crippen LogP contribution is -1.94. The molecule has 0 unspecified atom stereocenters. The molecule has 0 aromatic heterocycles. The van der Waals surface area contributed by atoms with Crippen molar-refractivity contribution in [2.24, 2.45) is 0 Å². The molecule has 0 saturated carbocycles. The van der Waals surface area contributed by atoms with Gasteiger partial charge in [-0.25, -0.2) is 0 Å². The number of benzene rings is 1. The first-order valence-corrected chi connectivity index (χ1v) is 3.31. The second-order valence-electron chi connectivity index (χ2n) is 1.98. The van der Waals surface area contributed by atoms with Gasteiger partial charge in [-0.2, -0.15) is 0 Å². The third-order valence-electron chi connectivity index (χ3n) is 1.33. The van der Waals surface area contributed by atoms with E-state index in [9.17, 15) is 0 Å². The van der Waals surface area contributed by atoms with Crippen molar-refractivity contribution in [1.82, 2.24) is 5.73 Å². The highest BCUT2D eigenvalue weighted by atomic mass is 35.5. The molecule has 1 aromatic carbocycles. The topological polar surface area (TPSA) is 49.8 Å². The molecular formula is C7H8ClN2. The number of halogens is 1. The van der Waals surface area contributed by atoms with Crippen molar-refractivity contribution in [2.75, 3.05) is 5.73 Å². The molecule has 3 heteroatoms. The molecule has 0 aliphatic carbocycles. The van der Waals surface area contributed by atoms with Gasteiger partial charge in [0.05, 0.1) is 0 Å². The first-order valence-electron chi connectivity index (χ1n) is 2.93. The Hall–Kier alpha value is -0.730. The van der Waals surface area contributed by atoms with Crippen molar-refractivity contribution < 1.29 is 0 Å². The van der Waals surface area contributed by atoms with Crippen LogP contribution in [0.25, 0.3) is 0 Å². The Bertz CT molecular complexity index is 215. The molecule has 0 saturated heterocycles. The Labute approximate surface area is 64.8 Å². The third kappa shape index (κ3) is 1.23. The van der Waals surface area contributed by atoms with E-state index in [0.29, 0.717) is 16.3 Å². The molecule has 0 amide bonds. The van der Waals surface area contributed by atoms with Crippen molar-refractivity contribution in [3.63, 3.8) is 0 Å². The Morgan fingerprint density at radius 3 is 2.60 bits per heavy atom. The van der Waals surface area contributed by atoms with Gasteiger partial charge in [0.25, 0.3) is 0 Å². The normalized spacial score (nSPS) is 9.80. The van der Waals surface area contributed by atoms with Gasteiger partial charge < -0.3 is 5.73 Å². The van der Waals surface area contributed by atoms with Crippen LogP contribution < -0.4 is 11.5 Å². The number of hydrogen-bond donors (Lipinski definition) is 1. The molecule has 1 radical (unpaired) electrons. The number of nitrogens with one attached hydrogen (secondary N) is 1. The molecule has 1 rings (SSSR count). The predicted octanol–water partition coefficient (Wildman–Crippen LogP) is 1.71. The Morgan fingerprint density at radius 2 is 2.20 bits per heavy atom. The molecule has 2 nitrogen and oxygen atoms in total. The van der Waals surface area contributed by atoms with Gasteiger partial charge in [-0.15, -0.1) is 0 Å². The molecular weight excluding hydrogens is 148 g/mol. The molecule has 0 atom stereocenters. The average molecular weight is 156 g/mol. The summed E-state index contributed by atoms with van der Waals surface area (Å²) in [5.74, 6) is 0. The largest absolute Gasteiger partial charge is 0.398 e. The zero-order valence-corrected chi connectivity index (χ0v) is 6.15. The maximum absolute atomic E-state index is 7.06. The van der Waals surface area contributed by atoms with Crippen LogP contribution in [0.2, 0.25) is 5.02 Å². The smallest absolute Gasteiger partial charge is 0.0472 e. The molecule has 1 aromatic rings. The Kier molecular flexibility index (Phi) is 2.14. The van der Waals surface area contributed by atoms with E-state index in [4.69, 9.17) is 23.1 Å². The monoisotopic (exact) mass is 155 g/mol. The summed E-state index contributed by atoms with van der Waals surface area (Å²) in [7, 11) is 0. The fourth-order valence-corrected chi connectivity index (χ4v) is 1.01. The van der Waals surface area contributed by atoms with Crippen LogP contribution in [-0.2, 0) is 6.54 Å². The van der Waals surface area contributed by atoms with Crippen LogP contribution in [0, 0.1) is 0 Å². The summed E-state index contributed by atoms with van der Waals surface area (Å²) in [6.07, 6.45) is 0. The molecule has 10 heavy (non-hydrogen) atoms. The lowest BCUT2D eigenvalue weighted by Gasteiger charge is -2.02. The molecule has 0 spiro atoms. The number of hydrogen-bond acceptors (Lipinski definition) is 1. The third-order valence-corrected chi connectivity index (χ3v) is 1.69. The van der Waals surface area contributed by atoms with Crippen molar-refractivity contribution >= 4 is 17.3 Å². The van der Waals surface area contributed by atoms with E-state index in [0.717, 1.165) is 0 Å². The minimum Gasteiger partial charge on any atom is -0.398 e. The van der Waals surface area contributed by atoms with Crippen LogP contribution in [-0.4, -0.2) is 0 Å². The van der Waals surface area contributed by atoms with E-state index < -0.39 is 0 Å². The van der Waals surface area contributed by atoms with Gasteiger partial charge in [0.1, 0.15) is 0 Å². The van der Waals surface area contributed by atoms with Crippen molar-refractivity contribution in [3.05, 3.63) is 28.8 Å². The SMILES string of the molecule is [NH]Cc1c(N)cccc1Cl. The van der Waals surface area contributed by atoms with E-state index in [1.807, 2.05) is 0 Å². The van der Waals surface area contributed by atoms with Gasteiger partial charge in [0.15, 0.2) is 0 Å².